The average molecular weight is 303 g/mol. The number of thiazole rings is 1. The first kappa shape index (κ1) is 14.9. The van der Waals surface area contributed by atoms with Gasteiger partial charge >= 0.3 is 0 Å². The summed E-state index contributed by atoms with van der Waals surface area (Å²) in [6.45, 7) is 4.36. The smallest absolute Gasteiger partial charge is 0.108 e. The lowest BCUT2D eigenvalue weighted by atomic mass is 10.0. The maximum atomic E-state index is 4.69. The number of benzene rings is 1. The Kier molecular flexibility index (Phi) is 5.22. The molecule has 0 radical (unpaired) electrons. The molecule has 4 heteroatoms. The maximum Gasteiger partial charge on any atom is 0.108 e. The highest BCUT2D eigenvalue weighted by atomic mass is 32.1. The van der Waals surface area contributed by atoms with Gasteiger partial charge in [0.05, 0.1) is 10.2 Å². The highest BCUT2D eigenvalue weighted by Crippen LogP contribution is 2.21. The van der Waals surface area contributed by atoms with Crippen molar-refractivity contribution in [3.8, 4) is 0 Å². The number of aromatic nitrogens is 1. The van der Waals surface area contributed by atoms with Crippen LogP contribution in [0, 0.1) is 0 Å². The van der Waals surface area contributed by atoms with Gasteiger partial charge in [-0.1, -0.05) is 25.0 Å². The molecule has 2 aromatic rings. The number of fused-ring (bicyclic) bond motifs is 1. The van der Waals surface area contributed by atoms with Gasteiger partial charge in [0.25, 0.3) is 0 Å². The van der Waals surface area contributed by atoms with E-state index >= 15 is 0 Å². The Morgan fingerprint density at radius 2 is 2.24 bits per heavy atom. The monoisotopic (exact) mass is 303 g/mol. The van der Waals surface area contributed by atoms with Crippen molar-refractivity contribution in [2.24, 2.45) is 0 Å². The molecule has 1 saturated heterocycles. The summed E-state index contributed by atoms with van der Waals surface area (Å²) in [6, 6.07) is 9.60. The summed E-state index contributed by atoms with van der Waals surface area (Å²) >= 11 is 1.80. The van der Waals surface area contributed by atoms with E-state index in [0.29, 0.717) is 12.1 Å². The molecule has 2 N–H and O–H groups in total. The molecular formula is C17H25N3S. The molecule has 2 heterocycles. The second kappa shape index (κ2) is 7.34. The van der Waals surface area contributed by atoms with E-state index in [4.69, 9.17) is 0 Å². The molecule has 0 saturated carbocycles. The second-order valence-corrected chi connectivity index (χ2v) is 7.21. The van der Waals surface area contributed by atoms with Crippen LogP contribution in [0.3, 0.4) is 0 Å². The molecular weight excluding hydrogens is 278 g/mol. The van der Waals surface area contributed by atoms with Crippen molar-refractivity contribution in [1.29, 1.82) is 0 Å². The quantitative estimate of drug-likeness (QED) is 0.884. The van der Waals surface area contributed by atoms with Crippen LogP contribution in [0.5, 0.6) is 0 Å². The second-order valence-electron chi connectivity index (χ2n) is 6.09. The van der Waals surface area contributed by atoms with Crippen LogP contribution in [-0.4, -0.2) is 23.6 Å². The molecule has 3 rings (SSSR count). The van der Waals surface area contributed by atoms with Crippen LogP contribution in [0.4, 0.5) is 0 Å². The Morgan fingerprint density at radius 1 is 1.33 bits per heavy atom. The highest BCUT2D eigenvalue weighted by molar-refractivity contribution is 7.18. The van der Waals surface area contributed by atoms with Gasteiger partial charge in [0, 0.05) is 18.6 Å². The van der Waals surface area contributed by atoms with Gasteiger partial charge in [0.2, 0.25) is 0 Å². The fourth-order valence-electron chi connectivity index (χ4n) is 3.07. The van der Waals surface area contributed by atoms with E-state index in [1.807, 2.05) is 0 Å². The molecule has 2 atom stereocenters. The van der Waals surface area contributed by atoms with Crippen LogP contribution in [0.2, 0.25) is 0 Å². The third kappa shape index (κ3) is 4.25. The van der Waals surface area contributed by atoms with Gasteiger partial charge in [0.15, 0.2) is 0 Å². The van der Waals surface area contributed by atoms with Crippen LogP contribution < -0.4 is 10.6 Å². The average Bonchev–Trinajstić information content (AvgIpc) is 2.74. The summed E-state index contributed by atoms with van der Waals surface area (Å²) in [5.41, 5.74) is 1.12. The van der Waals surface area contributed by atoms with E-state index in [1.54, 1.807) is 11.3 Å². The Bertz CT molecular complexity index is 525. The van der Waals surface area contributed by atoms with E-state index < -0.39 is 0 Å². The molecule has 0 amide bonds. The Labute approximate surface area is 131 Å². The standard InChI is InChI=1S/C17H25N3S/c1-13(11-14-7-3-2-6-10-18-14)19-12-17-20-15-8-4-5-9-16(15)21-17/h4-5,8-9,13-14,18-19H,2-3,6-7,10-12H2,1H3. The molecule has 1 aromatic heterocycles. The normalized spacial score (nSPS) is 21.3. The number of nitrogens with zero attached hydrogens (tertiary/aromatic N) is 1. The van der Waals surface area contributed by atoms with Gasteiger partial charge in [-0.05, 0) is 44.9 Å². The van der Waals surface area contributed by atoms with Gasteiger partial charge in [-0.15, -0.1) is 11.3 Å². The number of nitrogens with one attached hydrogen (secondary N) is 2. The molecule has 0 spiro atoms. The van der Waals surface area contributed by atoms with Crippen LogP contribution in [0.25, 0.3) is 10.2 Å². The van der Waals surface area contributed by atoms with Crippen molar-refractivity contribution >= 4 is 21.6 Å². The predicted octanol–water partition coefficient (Wildman–Crippen LogP) is 3.70. The van der Waals surface area contributed by atoms with E-state index in [9.17, 15) is 0 Å². The van der Waals surface area contributed by atoms with Gasteiger partial charge in [0.1, 0.15) is 5.01 Å². The van der Waals surface area contributed by atoms with Crippen molar-refractivity contribution in [2.75, 3.05) is 6.54 Å². The molecule has 1 aromatic carbocycles. The van der Waals surface area contributed by atoms with Crippen molar-refractivity contribution in [3.63, 3.8) is 0 Å². The fraction of sp³-hybridized carbons (Fsp3) is 0.588. The molecule has 0 aliphatic carbocycles. The third-order valence-electron chi connectivity index (χ3n) is 4.24. The summed E-state index contributed by atoms with van der Waals surface area (Å²) in [7, 11) is 0. The van der Waals surface area contributed by atoms with Gasteiger partial charge in [-0.3, -0.25) is 0 Å². The largest absolute Gasteiger partial charge is 0.314 e. The lowest BCUT2D eigenvalue weighted by Gasteiger charge is -2.21. The Balaban J connectivity index is 1.49. The van der Waals surface area contributed by atoms with Gasteiger partial charge in [-0.2, -0.15) is 0 Å². The molecule has 21 heavy (non-hydrogen) atoms. The first-order chi connectivity index (χ1) is 10.3. The minimum Gasteiger partial charge on any atom is -0.314 e. The molecule has 1 fully saturated rings. The highest BCUT2D eigenvalue weighted by Gasteiger charge is 2.15. The number of rotatable bonds is 5. The van der Waals surface area contributed by atoms with Crippen LogP contribution >= 0.6 is 11.3 Å². The van der Waals surface area contributed by atoms with Gasteiger partial charge in [-0.25, -0.2) is 4.98 Å². The van der Waals surface area contributed by atoms with E-state index in [2.05, 4.69) is 46.8 Å². The number of para-hydroxylation sites is 1. The SMILES string of the molecule is CC(CC1CCCCCN1)NCc1nc2ccccc2s1. The molecule has 3 nitrogen and oxygen atoms in total. The lowest BCUT2D eigenvalue weighted by Crippen LogP contribution is -2.36. The van der Waals surface area contributed by atoms with Crippen molar-refractivity contribution in [1.82, 2.24) is 15.6 Å². The topological polar surface area (TPSA) is 37.0 Å². The molecule has 1 aliphatic heterocycles. The lowest BCUT2D eigenvalue weighted by molar-refractivity contribution is 0.402. The number of hydrogen-bond acceptors (Lipinski definition) is 4. The Morgan fingerprint density at radius 3 is 3.14 bits per heavy atom. The van der Waals surface area contributed by atoms with Crippen LogP contribution in [0.1, 0.15) is 44.0 Å². The summed E-state index contributed by atoms with van der Waals surface area (Å²) in [5, 5.41) is 8.51. The Hall–Kier alpha value is -0.970. The zero-order chi connectivity index (χ0) is 14.5. The van der Waals surface area contributed by atoms with E-state index in [1.165, 1.54) is 48.4 Å². The first-order valence-corrected chi connectivity index (χ1v) is 8.94. The molecule has 2 unspecified atom stereocenters. The van der Waals surface area contributed by atoms with E-state index in [-0.39, 0.29) is 0 Å². The summed E-state index contributed by atoms with van der Waals surface area (Å²) in [5.74, 6) is 0. The molecule has 1 aliphatic rings. The van der Waals surface area contributed by atoms with Crippen molar-refractivity contribution in [3.05, 3.63) is 29.3 Å². The fourth-order valence-corrected chi connectivity index (χ4v) is 3.99. The maximum absolute atomic E-state index is 4.69. The first-order valence-electron chi connectivity index (χ1n) is 8.12. The minimum atomic E-state index is 0.535. The summed E-state index contributed by atoms with van der Waals surface area (Å²) in [6.07, 6.45) is 6.64. The molecule has 0 bridgehead atoms. The summed E-state index contributed by atoms with van der Waals surface area (Å²) in [4.78, 5) is 4.69. The van der Waals surface area contributed by atoms with Crippen molar-refractivity contribution in [2.45, 2.75) is 57.7 Å². The number of hydrogen-bond donors (Lipinski definition) is 2. The van der Waals surface area contributed by atoms with Crippen LogP contribution in [0.15, 0.2) is 24.3 Å². The summed E-state index contributed by atoms with van der Waals surface area (Å²) < 4.78 is 1.28. The van der Waals surface area contributed by atoms with Crippen molar-refractivity contribution < 1.29 is 0 Å². The van der Waals surface area contributed by atoms with E-state index in [0.717, 1.165) is 12.1 Å². The predicted molar refractivity (Wildman–Crippen MR) is 90.8 cm³/mol. The third-order valence-corrected chi connectivity index (χ3v) is 5.28. The van der Waals surface area contributed by atoms with Crippen LogP contribution in [-0.2, 0) is 6.54 Å². The zero-order valence-corrected chi connectivity index (χ0v) is 13.6. The molecule has 114 valence electrons. The zero-order valence-electron chi connectivity index (χ0n) is 12.8. The van der Waals surface area contributed by atoms with Gasteiger partial charge < -0.3 is 10.6 Å². The minimum absolute atomic E-state index is 0.535.